The highest BCUT2D eigenvalue weighted by molar-refractivity contribution is 6.39. The molecule has 0 aliphatic carbocycles. The largest absolute Gasteiger partial charge is 0.329 e. The number of aryl methyl sites for hydroxylation is 2. The van der Waals surface area contributed by atoms with Crippen LogP contribution in [0.2, 0.25) is 0 Å². The Morgan fingerprint density at radius 3 is 2.44 bits per heavy atom. The predicted molar refractivity (Wildman–Crippen MR) is 134 cm³/mol. The lowest BCUT2D eigenvalue weighted by molar-refractivity contribution is -0.136. The van der Waals surface area contributed by atoms with E-state index in [9.17, 15) is 9.59 Å². The fourth-order valence-corrected chi connectivity index (χ4v) is 3.43. The number of aromatic nitrogens is 2. The average molecular weight is 452 g/mol. The SMILES string of the molecule is CCc1ccc(NC(=O)C(=O)N/N=C/c2cn(-c3ccccc3)nc2-c2cccc(C)c2)cc1. The van der Waals surface area contributed by atoms with E-state index in [1.165, 1.54) is 6.21 Å². The molecule has 4 aromatic rings. The Balaban J connectivity index is 1.51. The van der Waals surface area contributed by atoms with Crippen molar-refractivity contribution in [2.24, 2.45) is 5.10 Å². The number of carbonyl (C=O) groups excluding carboxylic acids is 2. The zero-order valence-corrected chi connectivity index (χ0v) is 19.0. The van der Waals surface area contributed by atoms with E-state index in [-0.39, 0.29) is 0 Å². The van der Waals surface area contributed by atoms with E-state index >= 15 is 0 Å². The van der Waals surface area contributed by atoms with Crippen molar-refractivity contribution >= 4 is 23.7 Å². The molecule has 7 nitrogen and oxygen atoms in total. The van der Waals surface area contributed by atoms with Crippen LogP contribution in [0.5, 0.6) is 0 Å². The Bertz CT molecular complexity index is 1320. The molecule has 34 heavy (non-hydrogen) atoms. The summed E-state index contributed by atoms with van der Waals surface area (Å²) in [4.78, 5) is 24.4. The van der Waals surface area contributed by atoms with Gasteiger partial charge in [-0.15, -0.1) is 0 Å². The first kappa shape index (κ1) is 22.7. The molecule has 2 N–H and O–H groups in total. The Labute approximate surface area is 198 Å². The summed E-state index contributed by atoms with van der Waals surface area (Å²) in [7, 11) is 0. The standard InChI is InChI=1S/C27H25N5O2/c1-3-20-12-14-23(15-13-20)29-26(33)27(34)30-28-17-22-18-32(24-10-5-4-6-11-24)31-25(22)21-9-7-8-19(2)16-21/h4-18H,3H2,1-2H3,(H,29,33)(H,30,34)/b28-17+. The van der Waals surface area contributed by atoms with Gasteiger partial charge in [0.15, 0.2) is 0 Å². The molecule has 0 aliphatic heterocycles. The number of hydrogen-bond donors (Lipinski definition) is 2. The lowest BCUT2D eigenvalue weighted by Gasteiger charge is -2.04. The number of hydrazone groups is 1. The molecule has 0 bridgehead atoms. The van der Waals surface area contributed by atoms with Crippen LogP contribution in [-0.4, -0.2) is 27.8 Å². The van der Waals surface area contributed by atoms with Gasteiger partial charge in [0.25, 0.3) is 0 Å². The Kier molecular flexibility index (Phi) is 6.93. The van der Waals surface area contributed by atoms with Crippen LogP contribution >= 0.6 is 0 Å². The Hall–Kier alpha value is -4.52. The molecular weight excluding hydrogens is 426 g/mol. The number of benzene rings is 3. The monoisotopic (exact) mass is 451 g/mol. The molecule has 0 saturated carbocycles. The first-order valence-electron chi connectivity index (χ1n) is 11.0. The van der Waals surface area contributed by atoms with E-state index in [1.807, 2.05) is 86.8 Å². The topological polar surface area (TPSA) is 88.4 Å². The van der Waals surface area contributed by atoms with Crippen molar-refractivity contribution < 1.29 is 9.59 Å². The highest BCUT2D eigenvalue weighted by Gasteiger charge is 2.14. The van der Waals surface area contributed by atoms with E-state index in [4.69, 9.17) is 5.10 Å². The number of para-hydroxylation sites is 1. The third-order valence-corrected chi connectivity index (χ3v) is 5.25. The highest BCUT2D eigenvalue weighted by Crippen LogP contribution is 2.23. The van der Waals surface area contributed by atoms with Crippen molar-refractivity contribution in [3.05, 3.63) is 102 Å². The van der Waals surface area contributed by atoms with E-state index < -0.39 is 11.8 Å². The van der Waals surface area contributed by atoms with Gasteiger partial charge in [-0.1, -0.05) is 61.0 Å². The maximum atomic E-state index is 12.2. The van der Waals surface area contributed by atoms with Gasteiger partial charge in [-0.2, -0.15) is 10.2 Å². The second-order valence-corrected chi connectivity index (χ2v) is 7.79. The Morgan fingerprint density at radius 2 is 1.74 bits per heavy atom. The molecule has 170 valence electrons. The lowest BCUT2D eigenvalue weighted by Crippen LogP contribution is -2.32. The van der Waals surface area contributed by atoms with E-state index in [1.54, 1.807) is 16.8 Å². The number of nitrogens with one attached hydrogen (secondary N) is 2. The van der Waals surface area contributed by atoms with Gasteiger partial charge in [-0.25, -0.2) is 10.1 Å². The van der Waals surface area contributed by atoms with Gasteiger partial charge in [0.1, 0.15) is 5.69 Å². The van der Waals surface area contributed by atoms with Gasteiger partial charge >= 0.3 is 11.8 Å². The molecule has 0 aliphatic rings. The van der Waals surface area contributed by atoms with E-state index in [0.717, 1.165) is 28.8 Å². The lowest BCUT2D eigenvalue weighted by atomic mass is 10.1. The summed E-state index contributed by atoms with van der Waals surface area (Å²) in [5.74, 6) is -1.65. The quantitative estimate of drug-likeness (QED) is 0.257. The number of hydrogen-bond acceptors (Lipinski definition) is 4. The van der Waals surface area contributed by atoms with Crippen LogP contribution in [0.15, 0.2) is 90.2 Å². The molecule has 0 unspecified atom stereocenters. The molecule has 0 atom stereocenters. The van der Waals surface area contributed by atoms with Crippen LogP contribution in [0.25, 0.3) is 16.9 Å². The Morgan fingerprint density at radius 1 is 0.971 bits per heavy atom. The van der Waals surface area contributed by atoms with Crippen molar-refractivity contribution in [3.63, 3.8) is 0 Å². The zero-order valence-electron chi connectivity index (χ0n) is 19.0. The van der Waals surface area contributed by atoms with Gasteiger partial charge in [0, 0.05) is 23.0 Å². The number of rotatable bonds is 6. The smallest absolute Gasteiger partial charge is 0.318 e. The van der Waals surface area contributed by atoms with Crippen LogP contribution in [-0.2, 0) is 16.0 Å². The molecule has 1 aromatic heterocycles. The first-order valence-corrected chi connectivity index (χ1v) is 11.0. The van der Waals surface area contributed by atoms with Crippen LogP contribution in [0, 0.1) is 6.92 Å². The van der Waals surface area contributed by atoms with Crippen LogP contribution in [0.1, 0.15) is 23.6 Å². The van der Waals surface area contributed by atoms with Crippen molar-refractivity contribution in [1.29, 1.82) is 0 Å². The van der Waals surface area contributed by atoms with Crippen molar-refractivity contribution in [2.45, 2.75) is 20.3 Å². The predicted octanol–water partition coefficient (Wildman–Crippen LogP) is 4.50. The molecule has 7 heteroatoms. The van der Waals surface area contributed by atoms with Crippen LogP contribution in [0.4, 0.5) is 5.69 Å². The summed E-state index contributed by atoms with van der Waals surface area (Å²) in [5.41, 5.74) is 8.33. The van der Waals surface area contributed by atoms with E-state index in [0.29, 0.717) is 16.9 Å². The maximum absolute atomic E-state index is 12.2. The zero-order chi connectivity index (χ0) is 23.9. The number of carbonyl (C=O) groups is 2. The fraction of sp³-hybridized carbons (Fsp3) is 0.111. The average Bonchev–Trinajstić information content (AvgIpc) is 3.29. The second kappa shape index (κ2) is 10.4. The molecular formula is C27H25N5O2. The summed E-state index contributed by atoms with van der Waals surface area (Å²) < 4.78 is 1.76. The molecule has 1 heterocycles. The molecule has 0 saturated heterocycles. The second-order valence-electron chi connectivity index (χ2n) is 7.79. The van der Waals surface area contributed by atoms with Crippen molar-refractivity contribution in [1.82, 2.24) is 15.2 Å². The molecule has 3 aromatic carbocycles. The molecule has 0 radical (unpaired) electrons. The number of nitrogens with zero attached hydrogens (tertiary/aromatic N) is 3. The number of anilines is 1. The third-order valence-electron chi connectivity index (χ3n) is 5.25. The summed E-state index contributed by atoms with van der Waals surface area (Å²) >= 11 is 0. The van der Waals surface area contributed by atoms with Crippen LogP contribution in [0.3, 0.4) is 0 Å². The molecule has 4 rings (SSSR count). The molecule has 2 amide bonds. The summed E-state index contributed by atoms with van der Waals surface area (Å²) in [6, 6.07) is 25.0. The number of amides is 2. The van der Waals surface area contributed by atoms with Gasteiger partial charge in [-0.3, -0.25) is 9.59 Å². The van der Waals surface area contributed by atoms with Gasteiger partial charge < -0.3 is 5.32 Å². The normalized spacial score (nSPS) is 10.9. The van der Waals surface area contributed by atoms with Gasteiger partial charge in [-0.05, 0) is 49.2 Å². The van der Waals surface area contributed by atoms with Crippen molar-refractivity contribution in [2.75, 3.05) is 5.32 Å². The summed E-state index contributed by atoms with van der Waals surface area (Å²) in [6.07, 6.45) is 4.22. The molecule has 0 fully saturated rings. The summed E-state index contributed by atoms with van der Waals surface area (Å²) in [5, 5.41) is 11.3. The fourth-order valence-electron chi connectivity index (χ4n) is 3.43. The van der Waals surface area contributed by atoms with E-state index in [2.05, 4.69) is 15.8 Å². The summed E-state index contributed by atoms with van der Waals surface area (Å²) in [6.45, 7) is 4.06. The van der Waals surface area contributed by atoms with Gasteiger partial charge in [0.2, 0.25) is 0 Å². The third kappa shape index (κ3) is 5.45. The molecule has 0 spiro atoms. The first-order chi connectivity index (χ1) is 16.5. The highest BCUT2D eigenvalue weighted by atomic mass is 16.2. The van der Waals surface area contributed by atoms with Crippen molar-refractivity contribution in [3.8, 4) is 16.9 Å². The maximum Gasteiger partial charge on any atom is 0.329 e. The minimum Gasteiger partial charge on any atom is -0.318 e. The minimum absolute atomic E-state index is 0.548. The minimum atomic E-state index is -0.858. The van der Waals surface area contributed by atoms with Gasteiger partial charge in [0.05, 0.1) is 11.9 Å². The van der Waals surface area contributed by atoms with Crippen LogP contribution < -0.4 is 10.7 Å².